The van der Waals surface area contributed by atoms with E-state index in [4.69, 9.17) is 11.6 Å². The Morgan fingerprint density at radius 2 is 2.15 bits per heavy atom. The molecular formula is C14H14ClIN4. The standard InChI is InChI=1S/C14H14ClIN4/c1-9(15)14-18-12-7-10(16)3-4-13(12)20(14)8-11-5-6-17-19(11)2/h3-7,9H,8H2,1-2H3. The zero-order chi connectivity index (χ0) is 14.3. The first-order chi connectivity index (χ1) is 9.56. The van der Waals surface area contributed by atoms with Crippen LogP contribution >= 0.6 is 34.2 Å². The second kappa shape index (κ2) is 5.37. The van der Waals surface area contributed by atoms with Gasteiger partial charge in [-0.05, 0) is 53.8 Å². The molecule has 0 bridgehead atoms. The van der Waals surface area contributed by atoms with Crippen molar-refractivity contribution >= 4 is 45.2 Å². The summed E-state index contributed by atoms with van der Waals surface area (Å²) in [5.74, 6) is 0.893. The molecule has 6 heteroatoms. The molecule has 3 rings (SSSR count). The molecule has 4 nitrogen and oxygen atoms in total. The molecule has 1 aromatic carbocycles. The highest BCUT2D eigenvalue weighted by Gasteiger charge is 2.16. The van der Waals surface area contributed by atoms with Crippen molar-refractivity contribution in [2.24, 2.45) is 7.05 Å². The Balaban J connectivity index is 2.16. The quantitative estimate of drug-likeness (QED) is 0.496. The summed E-state index contributed by atoms with van der Waals surface area (Å²) in [4.78, 5) is 4.68. The van der Waals surface area contributed by atoms with E-state index in [1.807, 2.05) is 24.7 Å². The van der Waals surface area contributed by atoms with Crippen LogP contribution in [0.15, 0.2) is 30.5 Å². The number of aromatic nitrogens is 4. The molecule has 0 aliphatic heterocycles. The summed E-state index contributed by atoms with van der Waals surface area (Å²) in [6, 6.07) is 8.29. The molecule has 1 unspecified atom stereocenters. The van der Waals surface area contributed by atoms with Gasteiger partial charge in [-0.1, -0.05) is 0 Å². The Kier molecular flexibility index (Phi) is 3.72. The number of benzene rings is 1. The van der Waals surface area contributed by atoms with Gasteiger partial charge in [0.2, 0.25) is 0 Å². The molecule has 2 heterocycles. The first kappa shape index (κ1) is 13.9. The second-order valence-corrected chi connectivity index (χ2v) is 6.65. The van der Waals surface area contributed by atoms with Crippen LogP contribution in [0.25, 0.3) is 11.0 Å². The Morgan fingerprint density at radius 3 is 2.80 bits per heavy atom. The van der Waals surface area contributed by atoms with Gasteiger partial charge >= 0.3 is 0 Å². The largest absolute Gasteiger partial charge is 0.321 e. The van der Waals surface area contributed by atoms with Gasteiger partial charge in [0.1, 0.15) is 5.82 Å². The summed E-state index contributed by atoms with van der Waals surface area (Å²) in [7, 11) is 1.95. The van der Waals surface area contributed by atoms with E-state index < -0.39 is 0 Å². The molecule has 0 aliphatic carbocycles. The van der Waals surface area contributed by atoms with Crippen molar-refractivity contribution in [1.82, 2.24) is 19.3 Å². The Bertz CT molecular complexity index is 760. The van der Waals surface area contributed by atoms with Crippen LogP contribution in [0.1, 0.15) is 23.8 Å². The zero-order valence-electron chi connectivity index (χ0n) is 11.2. The van der Waals surface area contributed by atoms with E-state index in [0.29, 0.717) is 0 Å². The number of imidazole rings is 1. The van der Waals surface area contributed by atoms with Crippen molar-refractivity contribution in [3.8, 4) is 0 Å². The molecule has 2 aromatic heterocycles. The van der Waals surface area contributed by atoms with Crippen LogP contribution < -0.4 is 0 Å². The zero-order valence-corrected chi connectivity index (χ0v) is 14.1. The molecule has 1 atom stereocenters. The van der Waals surface area contributed by atoms with E-state index in [9.17, 15) is 0 Å². The Labute approximate surface area is 135 Å². The third-order valence-corrected chi connectivity index (χ3v) is 4.20. The predicted molar refractivity (Wildman–Crippen MR) is 89.0 cm³/mol. The van der Waals surface area contributed by atoms with Gasteiger partial charge in [0.05, 0.1) is 28.6 Å². The lowest BCUT2D eigenvalue weighted by Gasteiger charge is -2.10. The minimum atomic E-state index is -0.131. The maximum absolute atomic E-state index is 6.29. The van der Waals surface area contributed by atoms with Crippen molar-refractivity contribution in [3.05, 3.63) is 45.6 Å². The maximum Gasteiger partial charge on any atom is 0.128 e. The fourth-order valence-electron chi connectivity index (χ4n) is 2.31. The fraction of sp³-hybridized carbons (Fsp3) is 0.286. The van der Waals surface area contributed by atoms with Crippen molar-refractivity contribution in [2.45, 2.75) is 18.8 Å². The molecule has 0 saturated heterocycles. The lowest BCUT2D eigenvalue weighted by Crippen LogP contribution is -2.09. The SMILES string of the molecule is CC(Cl)c1nc2cc(I)ccc2n1Cc1ccnn1C. The van der Waals surface area contributed by atoms with Crippen molar-refractivity contribution < 1.29 is 0 Å². The highest BCUT2D eigenvalue weighted by Crippen LogP contribution is 2.26. The van der Waals surface area contributed by atoms with Crippen LogP contribution in [0.4, 0.5) is 0 Å². The lowest BCUT2D eigenvalue weighted by molar-refractivity contribution is 0.654. The third kappa shape index (κ3) is 2.44. The number of hydrogen-bond donors (Lipinski definition) is 0. The van der Waals surface area contributed by atoms with Gasteiger partial charge in [-0.25, -0.2) is 4.98 Å². The maximum atomic E-state index is 6.29. The van der Waals surface area contributed by atoms with Crippen molar-refractivity contribution in [2.75, 3.05) is 0 Å². The van der Waals surface area contributed by atoms with Crippen LogP contribution in [0.2, 0.25) is 0 Å². The highest BCUT2D eigenvalue weighted by atomic mass is 127. The minimum absolute atomic E-state index is 0.131. The van der Waals surface area contributed by atoms with Crippen LogP contribution in [-0.4, -0.2) is 19.3 Å². The van der Waals surface area contributed by atoms with E-state index in [2.05, 4.69) is 55.4 Å². The average molecular weight is 401 g/mol. The number of nitrogens with zero attached hydrogens (tertiary/aromatic N) is 4. The summed E-state index contributed by atoms with van der Waals surface area (Å²) in [5.41, 5.74) is 3.22. The van der Waals surface area contributed by atoms with E-state index in [-0.39, 0.29) is 5.38 Å². The molecule has 104 valence electrons. The number of hydrogen-bond acceptors (Lipinski definition) is 2. The normalized spacial score (nSPS) is 13.0. The van der Waals surface area contributed by atoms with Crippen LogP contribution in [0.5, 0.6) is 0 Å². The van der Waals surface area contributed by atoms with Crippen molar-refractivity contribution in [3.63, 3.8) is 0 Å². The van der Waals surface area contributed by atoms with Gasteiger partial charge in [0.15, 0.2) is 0 Å². The number of alkyl halides is 1. The van der Waals surface area contributed by atoms with Crippen molar-refractivity contribution in [1.29, 1.82) is 0 Å². The molecule has 0 aliphatic rings. The van der Waals surface area contributed by atoms with E-state index in [1.165, 1.54) is 3.57 Å². The Hall–Kier alpha value is -1.08. The molecule has 0 spiro atoms. The van der Waals surface area contributed by atoms with Gasteiger partial charge in [-0.3, -0.25) is 4.68 Å². The summed E-state index contributed by atoms with van der Waals surface area (Å²) < 4.78 is 5.22. The lowest BCUT2D eigenvalue weighted by atomic mass is 10.3. The first-order valence-electron chi connectivity index (χ1n) is 6.33. The Morgan fingerprint density at radius 1 is 1.35 bits per heavy atom. The van der Waals surface area contributed by atoms with Crippen LogP contribution in [0, 0.1) is 3.57 Å². The van der Waals surface area contributed by atoms with Gasteiger partial charge in [-0.15, -0.1) is 11.6 Å². The number of rotatable bonds is 3. The van der Waals surface area contributed by atoms with Gasteiger partial charge < -0.3 is 4.57 Å². The number of fused-ring (bicyclic) bond motifs is 1. The molecule has 0 N–H and O–H groups in total. The first-order valence-corrected chi connectivity index (χ1v) is 7.84. The predicted octanol–water partition coefficient (Wildman–Crippen LogP) is 3.72. The third-order valence-electron chi connectivity index (χ3n) is 3.34. The topological polar surface area (TPSA) is 35.6 Å². The summed E-state index contributed by atoms with van der Waals surface area (Å²) in [6.45, 7) is 2.67. The van der Waals surface area contributed by atoms with E-state index in [0.717, 1.165) is 29.1 Å². The van der Waals surface area contributed by atoms with Gasteiger partial charge in [0.25, 0.3) is 0 Å². The van der Waals surface area contributed by atoms with Crippen LogP contribution in [-0.2, 0) is 13.6 Å². The number of aryl methyl sites for hydroxylation is 1. The second-order valence-electron chi connectivity index (χ2n) is 4.75. The smallest absolute Gasteiger partial charge is 0.128 e. The molecular weight excluding hydrogens is 387 g/mol. The summed E-state index contributed by atoms with van der Waals surface area (Å²) in [6.07, 6.45) is 1.81. The van der Waals surface area contributed by atoms with Gasteiger partial charge in [-0.2, -0.15) is 5.10 Å². The molecule has 0 radical (unpaired) electrons. The number of halogens is 2. The molecule has 0 saturated carbocycles. The van der Waals surface area contributed by atoms with Crippen LogP contribution in [0.3, 0.4) is 0 Å². The molecule has 3 aromatic rings. The summed E-state index contributed by atoms with van der Waals surface area (Å²) >= 11 is 8.59. The molecule has 0 fully saturated rings. The van der Waals surface area contributed by atoms with E-state index >= 15 is 0 Å². The highest BCUT2D eigenvalue weighted by molar-refractivity contribution is 14.1. The fourth-order valence-corrected chi connectivity index (χ4v) is 2.95. The van der Waals surface area contributed by atoms with E-state index in [1.54, 1.807) is 6.20 Å². The molecule has 0 amide bonds. The average Bonchev–Trinajstić information content (AvgIpc) is 2.95. The minimum Gasteiger partial charge on any atom is -0.321 e. The molecule has 20 heavy (non-hydrogen) atoms. The van der Waals surface area contributed by atoms with Gasteiger partial charge in [0, 0.05) is 16.8 Å². The summed E-state index contributed by atoms with van der Waals surface area (Å²) in [5, 5.41) is 4.08. The monoisotopic (exact) mass is 400 g/mol.